The fourth-order valence-corrected chi connectivity index (χ4v) is 10.5. The standard InChI is InChI=1S/C66H124NO8P/c1-3-5-7-9-11-13-15-17-19-21-23-25-26-27-28-29-30-31-32-33-34-35-36-37-39-40-42-44-46-48-50-52-54-56-58-65(68)72-62-64(63-74-76(70,71)73-61-60-67)75-66(69)59-57-55-53-51-49-47-45-43-41-38-24-22-20-18-16-14-12-10-8-6-4-2/h6,8,12,14,18,20,24,38,64H,3-5,7,9-11,13,15-17,19,21-23,25-37,39-63,67H2,1-2H3,(H,70,71)/b8-6-,14-12-,20-18-,38-24-. The van der Waals surface area contributed by atoms with Crippen LogP contribution < -0.4 is 5.73 Å². The maximum Gasteiger partial charge on any atom is 0.472 e. The highest BCUT2D eigenvalue weighted by Gasteiger charge is 2.26. The lowest BCUT2D eigenvalue weighted by molar-refractivity contribution is -0.161. The van der Waals surface area contributed by atoms with Crippen LogP contribution in [-0.4, -0.2) is 49.3 Å². The van der Waals surface area contributed by atoms with Crippen molar-refractivity contribution in [1.82, 2.24) is 0 Å². The highest BCUT2D eigenvalue weighted by molar-refractivity contribution is 7.47. The average Bonchev–Trinajstić information content (AvgIpc) is 3.41. The molecule has 0 aliphatic heterocycles. The normalized spacial score (nSPS) is 13.3. The minimum absolute atomic E-state index is 0.0520. The van der Waals surface area contributed by atoms with Gasteiger partial charge in [0.25, 0.3) is 0 Å². The first-order valence-corrected chi connectivity index (χ1v) is 34.1. The lowest BCUT2D eigenvalue weighted by atomic mass is 10.0. The number of unbranched alkanes of at least 4 members (excludes halogenated alkanes) is 41. The molecule has 0 rings (SSSR count). The van der Waals surface area contributed by atoms with Gasteiger partial charge in [0, 0.05) is 19.4 Å². The first kappa shape index (κ1) is 74.0. The molecular formula is C66H124NO8P. The van der Waals surface area contributed by atoms with Crippen molar-refractivity contribution in [2.24, 2.45) is 5.73 Å². The zero-order valence-electron chi connectivity index (χ0n) is 50.0. The van der Waals surface area contributed by atoms with Crippen LogP contribution in [0.1, 0.15) is 328 Å². The zero-order valence-corrected chi connectivity index (χ0v) is 50.9. The number of esters is 2. The van der Waals surface area contributed by atoms with Gasteiger partial charge < -0.3 is 20.1 Å². The van der Waals surface area contributed by atoms with Crippen LogP contribution in [0.4, 0.5) is 0 Å². The van der Waals surface area contributed by atoms with E-state index in [1.165, 1.54) is 225 Å². The van der Waals surface area contributed by atoms with E-state index in [0.717, 1.165) is 70.6 Å². The summed E-state index contributed by atoms with van der Waals surface area (Å²) < 4.78 is 33.1. The van der Waals surface area contributed by atoms with Crippen LogP contribution in [0.15, 0.2) is 48.6 Å². The molecule has 0 saturated heterocycles. The number of rotatable bonds is 62. The van der Waals surface area contributed by atoms with E-state index < -0.39 is 26.5 Å². The third-order valence-corrected chi connectivity index (χ3v) is 15.5. The number of hydrogen-bond acceptors (Lipinski definition) is 8. The van der Waals surface area contributed by atoms with Gasteiger partial charge in [0.1, 0.15) is 6.61 Å². The zero-order chi connectivity index (χ0) is 55.2. The Morgan fingerprint density at radius 2 is 0.724 bits per heavy atom. The molecule has 0 aliphatic rings. The Kier molecular flexibility index (Phi) is 60.5. The molecule has 0 spiro atoms. The van der Waals surface area contributed by atoms with Gasteiger partial charge >= 0.3 is 19.8 Å². The number of phosphoric acid groups is 1. The molecule has 2 atom stereocenters. The minimum atomic E-state index is -4.39. The van der Waals surface area contributed by atoms with Crippen molar-refractivity contribution in [2.75, 3.05) is 26.4 Å². The summed E-state index contributed by atoms with van der Waals surface area (Å²) in [5.74, 6) is -0.823. The molecular weight excluding hydrogens is 966 g/mol. The van der Waals surface area contributed by atoms with Gasteiger partial charge in [0.2, 0.25) is 0 Å². The molecule has 0 radical (unpaired) electrons. The van der Waals surface area contributed by atoms with Crippen molar-refractivity contribution in [3.8, 4) is 0 Å². The molecule has 76 heavy (non-hydrogen) atoms. The predicted molar refractivity (Wildman–Crippen MR) is 326 cm³/mol. The van der Waals surface area contributed by atoms with Crippen molar-refractivity contribution >= 4 is 19.8 Å². The first-order chi connectivity index (χ1) is 37.3. The number of ether oxygens (including phenoxy) is 2. The highest BCUT2D eigenvalue weighted by Crippen LogP contribution is 2.43. The second-order valence-electron chi connectivity index (χ2n) is 22.0. The predicted octanol–water partition coefficient (Wildman–Crippen LogP) is 20.9. The lowest BCUT2D eigenvalue weighted by Crippen LogP contribution is -2.29. The van der Waals surface area contributed by atoms with Gasteiger partial charge in [-0.2, -0.15) is 0 Å². The van der Waals surface area contributed by atoms with Crippen molar-refractivity contribution < 1.29 is 37.6 Å². The topological polar surface area (TPSA) is 134 Å². The SMILES string of the molecule is CC/C=C\C/C=C\C/C=C\C/C=C\CCCCCCCCCCC(=O)OC(COC(=O)CCCCCCCCCCCCCCCCCCCCCCCCCCCCCCCCCCCC)COP(=O)(O)OCCN. The Hall–Kier alpha value is -2.03. The lowest BCUT2D eigenvalue weighted by Gasteiger charge is -2.19. The number of nitrogens with two attached hydrogens (primary N) is 1. The smallest absolute Gasteiger partial charge is 0.462 e. The molecule has 0 fully saturated rings. The summed E-state index contributed by atoms with van der Waals surface area (Å²) in [7, 11) is -4.39. The van der Waals surface area contributed by atoms with E-state index in [0.29, 0.717) is 6.42 Å². The summed E-state index contributed by atoms with van der Waals surface area (Å²) in [6.45, 7) is 3.67. The molecule has 0 heterocycles. The Balaban J connectivity index is 3.82. The van der Waals surface area contributed by atoms with E-state index in [4.69, 9.17) is 24.3 Å². The number of allylic oxidation sites excluding steroid dienone is 8. The van der Waals surface area contributed by atoms with E-state index >= 15 is 0 Å². The molecule has 3 N–H and O–H groups in total. The van der Waals surface area contributed by atoms with Gasteiger partial charge in [0.15, 0.2) is 6.10 Å². The molecule has 9 nitrogen and oxygen atoms in total. The molecule has 10 heteroatoms. The molecule has 0 bridgehead atoms. The van der Waals surface area contributed by atoms with E-state index in [2.05, 4.69) is 62.5 Å². The van der Waals surface area contributed by atoms with Gasteiger partial charge in [-0.1, -0.05) is 313 Å². The van der Waals surface area contributed by atoms with Crippen molar-refractivity contribution in [3.63, 3.8) is 0 Å². The number of carbonyl (C=O) groups is 2. The van der Waals surface area contributed by atoms with Crippen LogP contribution in [0.5, 0.6) is 0 Å². The fourth-order valence-electron chi connectivity index (χ4n) is 9.69. The Labute approximate surface area is 470 Å². The van der Waals surface area contributed by atoms with E-state index in [1.54, 1.807) is 0 Å². The second kappa shape index (κ2) is 62.2. The second-order valence-corrected chi connectivity index (χ2v) is 23.4. The van der Waals surface area contributed by atoms with Crippen LogP contribution in [-0.2, 0) is 32.7 Å². The third-order valence-electron chi connectivity index (χ3n) is 14.5. The molecule has 0 aromatic rings. The van der Waals surface area contributed by atoms with Crippen molar-refractivity contribution in [3.05, 3.63) is 48.6 Å². The molecule has 0 aromatic carbocycles. The maximum absolute atomic E-state index is 12.7. The van der Waals surface area contributed by atoms with Crippen LogP contribution in [0.3, 0.4) is 0 Å². The number of carbonyl (C=O) groups excluding carboxylic acids is 2. The highest BCUT2D eigenvalue weighted by atomic mass is 31.2. The van der Waals surface area contributed by atoms with E-state index in [1.807, 2.05) is 0 Å². The van der Waals surface area contributed by atoms with Crippen LogP contribution in [0.25, 0.3) is 0 Å². The molecule has 446 valence electrons. The van der Waals surface area contributed by atoms with Crippen molar-refractivity contribution in [2.45, 2.75) is 335 Å². The maximum atomic E-state index is 12.7. The summed E-state index contributed by atoms with van der Waals surface area (Å²) in [6, 6.07) is 0. The fraction of sp³-hybridized carbons (Fsp3) is 0.848. The van der Waals surface area contributed by atoms with Crippen LogP contribution in [0, 0.1) is 0 Å². The van der Waals surface area contributed by atoms with Crippen molar-refractivity contribution in [1.29, 1.82) is 0 Å². The summed E-state index contributed by atoms with van der Waals surface area (Å²) in [5, 5.41) is 0. The van der Waals surface area contributed by atoms with E-state index in [9.17, 15) is 19.0 Å². The Bertz CT molecular complexity index is 1380. The first-order valence-electron chi connectivity index (χ1n) is 32.6. The van der Waals surface area contributed by atoms with Gasteiger partial charge in [-0.25, -0.2) is 4.57 Å². The summed E-state index contributed by atoms with van der Waals surface area (Å²) in [5.41, 5.74) is 5.39. The van der Waals surface area contributed by atoms with Gasteiger partial charge in [0.05, 0.1) is 13.2 Å². The van der Waals surface area contributed by atoms with E-state index in [-0.39, 0.29) is 38.6 Å². The van der Waals surface area contributed by atoms with Crippen LogP contribution >= 0.6 is 7.82 Å². The van der Waals surface area contributed by atoms with Gasteiger partial charge in [-0.05, 0) is 51.4 Å². The molecule has 0 aromatic heterocycles. The summed E-state index contributed by atoms with van der Waals surface area (Å²) >= 11 is 0. The molecule has 0 amide bonds. The Morgan fingerprint density at radius 1 is 0.408 bits per heavy atom. The summed E-state index contributed by atoms with van der Waals surface area (Å²) in [4.78, 5) is 35.3. The molecule has 2 unspecified atom stereocenters. The summed E-state index contributed by atoms with van der Waals surface area (Å²) in [6.07, 6.45) is 77.8. The minimum Gasteiger partial charge on any atom is -0.462 e. The van der Waals surface area contributed by atoms with Gasteiger partial charge in [-0.3, -0.25) is 18.6 Å². The molecule has 0 saturated carbocycles. The number of hydrogen-bond donors (Lipinski definition) is 2. The van der Waals surface area contributed by atoms with Crippen LogP contribution in [0.2, 0.25) is 0 Å². The Morgan fingerprint density at radius 3 is 1.08 bits per heavy atom. The average molecular weight is 1090 g/mol. The number of phosphoric ester groups is 1. The quantitative estimate of drug-likeness (QED) is 0.0264. The van der Waals surface area contributed by atoms with Gasteiger partial charge in [-0.15, -0.1) is 0 Å². The largest absolute Gasteiger partial charge is 0.472 e. The molecule has 0 aliphatic carbocycles. The third kappa shape index (κ3) is 61.2. The monoisotopic (exact) mass is 1090 g/mol.